The number of aromatic amines is 1. The molecule has 1 saturated heterocycles. The van der Waals surface area contributed by atoms with E-state index in [2.05, 4.69) is 19.5 Å². The van der Waals surface area contributed by atoms with E-state index >= 15 is 0 Å². The fourth-order valence-corrected chi connectivity index (χ4v) is 2.66. The van der Waals surface area contributed by atoms with Gasteiger partial charge in [-0.15, -0.1) is 0 Å². The Kier molecular flexibility index (Phi) is 3.77. The zero-order chi connectivity index (χ0) is 15.0. The Morgan fingerprint density at radius 1 is 1.62 bits per heavy atom. The van der Waals surface area contributed by atoms with Gasteiger partial charge in [-0.3, -0.25) is 18.9 Å². The first-order valence-corrected chi connectivity index (χ1v) is 7.54. The predicted octanol–water partition coefficient (Wildman–Crippen LogP) is -0.222. The molecule has 0 aromatic carbocycles. The third-order valence-corrected chi connectivity index (χ3v) is 3.65. The molecule has 3 rings (SSSR count). The van der Waals surface area contributed by atoms with Crippen molar-refractivity contribution in [1.29, 1.82) is 0 Å². The maximum Gasteiger partial charge on any atom is 0.316 e. The summed E-state index contributed by atoms with van der Waals surface area (Å²) < 4.78 is 22.6. The van der Waals surface area contributed by atoms with E-state index in [1.54, 1.807) is 4.57 Å². The van der Waals surface area contributed by atoms with Crippen LogP contribution in [0.15, 0.2) is 11.1 Å². The van der Waals surface area contributed by atoms with E-state index in [9.17, 15) is 9.36 Å². The van der Waals surface area contributed by atoms with Gasteiger partial charge in [0.05, 0.1) is 19.0 Å². The first kappa shape index (κ1) is 14.2. The molecule has 21 heavy (non-hydrogen) atoms. The summed E-state index contributed by atoms with van der Waals surface area (Å²) in [6.45, 7) is 0.0492. The maximum atomic E-state index is 11.7. The molecule has 0 aliphatic carbocycles. The van der Waals surface area contributed by atoms with Crippen LogP contribution in [0, 0.1) is 0 Å². The van der Waals surface area contributed by atoms with Crippen LogP contribution in [0.4, 0.5) is 5.95 Å². The summed E-state index contributed by atoms with van der Waals surface area (Å²) in [6.07, 6.45) is 2.14. The molecule has 0 saturated carbocycles. The summed E-state index contributed by atoms with van der Waals surface area (Å²) in [5.74, 6) is 0.00556. The van der Waals surface area contributed by atoms with E-state index in [0.29, 0.717) is 18.5 Å². The van der Waals surface area contributed by atoms with Crippen molar-refractivity contribution in [2.75, 3.05) is 12.3 Å². The molecule has 2 aromatic rings. The van der Waals surface area contributed by atoms with Crippen LogP contribution in [0.1, 0.15) is 19.1 Å². The first-order valence-electron chi connectivity index (χ1n) is 6.28. The van der Waals surface area contributed by atoms with Crippen LogP contribution >= 0.6 is 8.25 Å². The second kappa shape index (κ2) is 5.57. The van der Waals surface area contributed by atoms with Crippen LogP contribution in [0.3, 0.4) is 0 Å². The number of ether oxygens (including phenoxy) is 1. The fraction of sp³-hybridized carbons (Fsp3) is 0.500. The molecule has 1 aliphatic rings. The number of hydrogen-bond donors (Lipinski definition) is 3. The lowest BCUT2D eigenvalue weighted by Crippen LogP contribution is -2.16. The number of anilines is 1. The van der Waals surface area contributed by atoms with Crippen molar-refractivity contribution in [3.05, 3.63) is 16.7 Å². The number of H-pyrrole nitrogens is 1. The number of imidazole rings is 1. The van der Waals surface area contributed by atoms with Crippen molar-refractivity contribution >= 4 is 25.4 Å². The lowest BCUT2D eigenvalue weighted by atomic mass is 10.2. The van der Waals surface area contributed by atoms with E-state index in [4.69, 9.17) is 15.4 Å². The highest BCUT2D eigenvalue weighted by Gasteiger charge is 2.28. The molecular weight excluding hydrogens is 301 g/mol. The quantitative estimate of drug-likeness (QED) is 0.656. The Bertz CT molecular complexity index is 743. The molecule has 3 atom stereocenters. The Labute approximate surface area is 118 Å². The van der Waals surface area contributed by atoms with Gasteiger partial charge < -0.3 is 19.9 Å². The lowest BCUT2D eigenvalue weighted by molar-refractivity contribution is -0.0162. The van der Waals surface area contributed by atoms with Gasteiger partial charge in [-0.25, -0.2) is 4.98 Å². The van der Waals surface area contributed by atoms with Crippen molar-refractivity contribution < 1.29 is 18.7 Å². The summed E-state index contributed by atoms with van der Waals surface area (Å²) in [5, 5.41) is 0. The van der Waals surface area contributed by atoms with Gasteiger partial charge in [0.2, 0.25) is 5.95 Å². The summed E-state index contributed by atoms with van der Waals surface area (Å²) in [4.78, 5) is 30.8. The van der Waals surface area contributed by atoms with Crippen LogP contribution in [0.5, 0.6) is 0 Å². The van der Waals surface area contributed by atoms with Crippen LogP contribution < -0.4 is 11.3 Å². The van der Waals surface area contributed by atoms with Crippen molar-refractivity contribution in [3.8, 4) is 0 Å². The summed E-state index contributed by atoms with van der Waals surface area (Å²) in [7, 11) is -2.96. The van der Waals surface area contributed by atoms with E-state index in [1.807, 2.05) is 0 Å². The van der Waals surface area contributed by atoms with E-state index in [1.165, 1.54) is 6.33 Å². The standard InChI is InChI=1S/C10H14N5O5P/c11-10-13-8-7(9(16)14-10)12-4-15(8)6-2-1-5(20-6)3-19-21(17)18/h4-6,21H,1-3H2,(H,17,18)(H3,11,13,14,16)/t5-,6+/m0/s1. The third kappa shape index (κ3) is 2.84. The molecule has 3 heterocycles. The van der Waals surface area contributed by atoms with Crippen LogP contribution in [0.2, 0.25) is 0 Å². The average molecular weight is 315 g/mol. The number of nitrogens with zero attached hydrogens (tertiary/aromatic N) is 3. The van der Waals surface area contributed by atoms with Crippen LogP contribution in [0.25, 0.3) is 11.2 Å². The van der Waals surface area contributed by atoms with Gasteiger partial charge in [0.15, 0.2) is 11.2 Å². The third-order valence-electron chi connectivity index (χ3n) is 3.24. The second-order valence-electron chi connectivity index (χ2n) is 4.64. The molecule has 1 unspecified atom stereocenters. The molecule has 11 heteroatoms. The summed E-state index contributed by atoms with van der Waals surface area (Å²) >= 11 is 0. The minimum absolute atomic E-state index is 0.00556. The Morgan fingerprint density at radius 3 is 3.19 bits per heavy atom. The summed E-state index contributed by atoms with van der Waals surface area (Å²) in [5.41, 5.74) is 5.66. The molecule has 0 bridgehead atoms. The molecule has 2 aromatic heterocycles. The highest BCUT2D eigenvalue weighted by atomic mass is 31.1. The molecule has 114 valence electrons. The van der Waals surface area contributed by atoms with Crippen molar-refractivity contribution in [3.63, 3.8) is 0 Å². The van der Waals surface area contributed by atoms with Gasteiger partial charge in [-0.2, -0.15) is 4.98 Å². The van der Waals surface area contributed by atoms with E-state index < -0.39 is 13.8 Å². The molecule has 4 N–H and O–H groups in total. The fourth-order valence-electron chi connectivity index (χ4n) is 2.33. The van der Waals surface area contributed by atoms with Gasteiger partial charge >= 0.3 is 8.25 Å². The van der Waals surface area contributed by atoms with Gasteiger partial charge in [-0.1, -0.05) is 0 Å². The van der Waals surface area contributed by atoms with Gasteiger partial charge in [0.1, 0.15) is 6.23 Å². The molecule has 0 radical (unpaired) electrons. The minimum atomic E-state index is -2.96. The SMILES string of the molecule is Nc1nc2c(ncn2[C@H]2CC[C@@H](CO[PH](=O)O)O2)c(=O)[nH]1. The maximum absolute atomic E-state index is 11.7. The van der Waals surface area contributed by atoms with E-state index in [-0.39, 0.29) is 30.4 Å². The topological polar surface area (TPSA) is 145 Å². The smallest absolute Gasteiger partial charge is 0.316 e. The van der Waals surface area contributed by atoms with Crippen molar-refractivity contribution in [1.82, 2.24) is 19.5 Å². The highest BCUT2D eigenvalue weighted by molar-refractivity contribution is 7.32. The number of nitrogens with one attached hydrogen (secondary N) is 1. The second-order valence-corrected chi connectivity index (χ2v) is 5.46. The van der Waals surface area contributed by atoms with Crippen LogP contribution in [-0.4, -0.2) is 37.1 Å². The lowest BCUT2D eigenvalue weighted by Gasteiger charge is -2.14. The molecule has 0 spiro atoms. The van der Waals surface area contributed by atoms with Crippen LogP contribution in [-0.2, 0) is 13.8 Å². The zero-order valence-electron chi connectivity index (χ0n) is 10.9. The van der Waals surface area contributed by atoms with Gasteiger partial charge in [0, 0.05) is 0 Å². The molecular formula is C10H14N5O5P. The van der Waals surface area contributed by atoms with Gasteiger partial charge in [-0.05, 0) is 12.8 Å². The van der Waals surface area contributed by atoms with Crippen molar-refractivity contribution in [2.45, 2.75) is 25.2 Å². The van der Waals surface area contributed by atoms with Gasteiger partial charge in [0.25, 0.3) is 5.56 Å². The van der Waals surface area contributed by atoms with Crippen molar-refractivity contribution in [2.24, 2.45) is 0 Å². The Morgan fingerprint density at radius 2 is 2.43 bits per heavy atom. The first-order chi connectivity index (χ1) is 10.0. The molecule has 0 amide bonds. The Balaban J connectivity index is 1.82. The monoisotopic (exact) mass is 315 g/mol. The number of rotatable bonds is 4. The number of nitrogen functional groups attached to an aromatic ring is 1. The minimum Gasteiger partial charge on any atom is -0.369 e. The largest absolute Gasteiger partial charge is 0.369 e. The van der Waals surface area contributed by atoms with E-state index in [0.717, 1.165) is 0 Å². The molecule has 1 fully saturated rings. The number of fused-ring (bicyclic) bond motifs is 1. The number of hydrogen-bond acceptors (Lipinski definition) is 7. The normalized spacial score (nSPS) is 23.7. The molecule has 1 aliphatic heterocycles. The molecule has 10 nitrogen and oxygen atoms in total. The average Bonchev–Trinajstić information content (AvgIpc) is 3.02. The predicted molar refractivity (Wildman–Crippen MR) is 72.9 cm³/mol. The Hall–Kier alpha value is -1.74. The zero-order valence-corrected chi connectivity index (χ0v) is 11.9. The highest BCUT2D eigenvalue weighted by Crippen LogP contribution is 2.31. The number of nitrogens with two attached hydrogens (primary N) is 1. The number of aromatic nitrogens is 4. The summed E-state index contributed by atoms with van der Waals surface area (Å²) in [6, 6.07) is 0.